The largest absolute Gasteiger partial charge is 0.494 e. The van der Waals surface area contributed by atoms with Crippen molar-refractivity contribution in [3.63, 3.8) is 0 Å². The van der Waals surface area contributed by atoms with Crippen LogP contribution in [-0.4, -0.2) is 29.9 Å². The first-order valence-electron chi connectivity index (χ1n) is 6.56. The first-order valence-corrected chi connectivity index (χ1v) is 6.56. The molecule has 0 radical (unpaired) electrons. The summed E-state index contributed by atoms with van der Waals surface area (Å²) in [6.07, 6.45) is -4.56. The molecule has 1 aliphatic heterocycles. The minimum Gasteiger partial charge on any atom is -0.399 e. The fourth-order valence-corrected chi connectivity index (χ4v) is 1.97. The third kappa shape index (κ3) is 2.73. The first kappa shape index (κ1) is 15.4. The molecule has 3 nitrogen and oxygen atoms in total. The van der Waals surface area contributed by atoms with Crippen LogP contribution in [0.3, 0.4) is 0 Å². The molecule has 0 spiro atoms. The van der Waals surface area contributed by atoms with Gasteiger partial charge in [-0.25, -0.2) is 8.78 Å². The normalized spacial score (nSPS) is 22.3. The topological polar surface area (TPSA) is 38.7 Å². The Hall–Kier alpha value is -0.975. The molecule has 20 heavy (non-hydrogen) atoms. The molecule has 0 aromatic heterocycles. The van der Waals surface area contributed by atoms with Gasteiger partial charge in [0.15, 0.2) is 0 Å². The van der Waals surface area contributed by atoms with E-state index in [4.69, 9.17) is 9.31 Å². The van der Waals surface area contributed by atoms with E-state index in [0.717, 1.165) is 5.46 Å². The van der Waals surface area contributed by atoms with Gasteiger partial charge in [-0.3, -0.25) is 0 Å². The Kier molecular flexibility index (Phi) is 3.93. The summed E-state index contributed by atoms with van der Waals surface area (Å²) >= 11 is 0. The molecule has 2 rings (SSSR count). The maximum Gasteiger partial charge on any atom is 0.494 e. The van der Waals surface area contributed by atoms with Gasteiger partial charge in [0, 0.05) is 0 Å². The van der Waals surface area contributed by atoms with Gasteiger partial charge >= 0.3 is 7.12 Å². The predicted octanol–water partition coefficient (Wildman–Crippen LogP) is 2.28. The SMILES string of the molecule is CC1(C)OB(c2ccc([C@@H](O)C(F)F)cc2)OC1(C)C. The Balaban J connectivity index is 2.16. The summed E-state index contributed by atoms with van der Waals surface area (Å²) in [5.41, 5.74) is 0.0339. The molecule has 1 fully saturated rings. The number of rotatable bonds is 3. The van der Waals surface area contributed by atoms with Crippen LogP contribution in [0.15, 0.2) is 24.3 Å². The van der Waals surface area contributed by atoms with Gasteiger partial charge in [0.2, 0.25) is 0 Å². The second kappa shape index (κ2) is 5.09. The molecule has 1 atom stereocenters. The molecule has 6 heteroatoms. The maximum absolute atomic E-state index is 12.4. The highest BCUT2D eigenvalue weighted by atomic mass is 19.3. The van der Waals surface area contributed by atoms with E-state index >= 15 is 0 Å². The van der Waals surface area contributed by atoms with Crippen LogP contribution >= 0.6 is 0 Å². The third-order valence-corrected chi connectivity index (χ3v) is 4.04. The van der Waals surface area contributed by atoms with E-state index in [-0.39, 0.29) is 5.56 Å². The van der Waals surface area contributed by atoms with Crippen molar-refractivity contribution in [3.8, 4) is 0 Å². The number of aliphatic hydroxyl groups is 1. The second-order valence-electron chi connectivity index (χ2n) is 6.03. The van der Waals surface area contributed by atoms with Crippen LogP contribution in [-0.2, 0) is 9.31 Å². The Morgan fingerprint density at radius 3 is 1.85 bits per heavy atom. The van der Waals surface area contributed by atoms with Crippen LogP contribution in [0, 0.1) is 0 Å². The highest BCUT2D eigenvalue weighted by Crippen LogP contribution is 2.36. The van der Waals surface area contributed by atoms with Crippen LogP contribution in [0.2, 0.25) is 0 Å². The molecule has 0 unspecified atom stereocenters. The summed E-state index contributed by atoms with van der Waals surface area (Å²) in [5, 5.41) is 9.31. The van der Waals surface area contributed by atoms with E-state index in [2.05, 4.69) is 0 Å². The molecule has 0 bridgehead atoms. The molecular formula is C14H19BF2O3. The number of alkyl halides is 2. The molecule has 0 aliphatic carbocycles. The van der Waals surface area contributed by atoms with Crippen LogP contribution in [0.1, 0.15) is 39.4 Å². The van der Waals surface area contributed by atoms with Gasteiger partial charge in [0.05, 0.1) is 11.2 Å². The van der Waals surface area contributed by atoms with Gasteiger partial charge in [-0.2, -0.15) is 0 Å². The summed E-state index contributed by atoms with van der Waals surface area (Å²) < 4.78 is 36.6. The minimum absolute atomic E-state index is 0.181. The van der Waals surface area contributed by atoms with Crippen LogP contribution < -0.4 is 5.46 Å². The van der Waals surface area contributed by atoms with Gasteiger partial charge < -0.3 is 14.4 Å². The smallest absolute Gasteiger partial charge is 0.399 e. The Morgan fingerprint density at radius 1 is 1.00 bits per heavy atom. The quantitative estimate of drug-likeness (QED) is 0.865. The monoisotopic (exact) mass is 284 g/mol. The van der Waals surface area contributed by atoms with E-state index < -0.39 is 30.8 Å². The first-order chi connectivity index (χ1) is 9.14. The lowest BCUT2D eigenvalue weighted by Gasteiger charge is -2.32. The molecular weight excluding hydrogens is 265 g/mol. The van der Waals surface area contributed by atoms with Gasteiger partial charge in [-0.1, -0.05) is 24.3 Å². The van der Waals surface area contributed by atoms with Crippen molar-refractivity contribution in [2.75, 3.05) is 0 Å². The molecule has 1 aliphatic rings. The zero-order chi connectivity index (χ0) is 15.1. The minimum atomic E-state index is -2.79. The van der Waals surface area contributed by atoms with Crippen molar-refractivity contribution < 1.29 is 23.2 Å². The van der Waals surface area contributed by atoms with Crippen molar-refractivity contribution in [3.05, 3.63) is 29.8 Å². The molecule has 110 valence electrons. The second-order valence-corrected chi connectivity index (χ2v) is 6.03. The molecule has 1 heterocycles. The van der Waals surface area contributed by atoms with E-state index in [1.54, 1.807) is 12.1 Å². The summed E-state index contributed by atoms with van der Waals surface area (Å²) in [5.74, 6) is 0. The van der Waals surface area contributed by atoms with E-state index in [1.165, 1.54) is 12.1 Å². The maximum atomic E-state index is 12.4. The molecule has 0 amide bonds. The third-order valence-electron chi connectivity index (χ3n) is 4.04. The van der Waals surface area contributed by atoms with E-state index in [0.29, 0.717) is 0 Å². The standard InChI is InChI=1S/C14H19BF2O3/c1-13(2)14(3,4)20-15(19-13)10-7-5-9(6-8-10)11(18)12(16)17/h5-8,11-12,18H,1-4H3/t11-/m1/s1. The number of benzene rings is 1. The average Bonchev–Trinajstić information content (AvgIpc) is 2.57. The van der Waals surface area contributed by atoms with Crippen LogP contribution in [0.25, 0.3) is 0 Å². The summed E-state index contributed by atoms with van der Waals surface area (Å²) in [7, 11) is -0.530. The van der Waals surface area contributed by atoms with Gasteiger partial charge in [0.1, 0.15) is 6.10 Å². The molecule has 1 N–H and O–H groups in total. The highest BCUT2D eigenvalue weighted by molar-refractivity contribution is 6.62. The fourth-order valence-electron chi connectivity index (χ4n) is 1.97. The van der Waals surface area contributed by atoms with Crippen LogP contribution in [0.5, 0.6) is 0 Å². The lowest BCUT2D eigenvalue weighted by molar-refractivity contribution is -0.00576. The molecule has 1 aromatic rings. The van der Waals surface area contributed by atoms with Gasteiger partial charge in [0.25, 0.3) is 6.43 Å². The van der Waals surface area contributed by atoms with Gasteiger partial charge in [-0.15, -0.1) is 0 Å². The van der Waals surface area contributed by atoms with Crippen molar-refractivity contribution in [1.82, 2.24) is 0 Å². The number of hydrogen-bond acceptors (Lipinski definition) is 3. The lowest BCUT2D eigenvalue weighted by atomic mass is 9.78. The van der Waals surface area contributed by atoms with Crippen molar-refractivity contribution in [1.29, 1.82) is 0 Å². The summed E-state index contributed by atoms with van der Waals surface area (Å²) in [6.45, 7) is 7.79. The zero-order valence-electron chi connectivity index (χ0n) is 12.1. The number of halogens is 2. The molecule has 1 aromatic carbocycles. The van der Waals surface area contributed by atoms with E-state index in [9.17, 15) is 13.9 Å². The average molecular weight is 284 g/mol. The van der Waals surface area contributed by atoms with Crippen molar-refractivity contribution in [2.24, 2.45) is 0 Å². The Bertz CT molecular complexity index is 458. The van der Waals surface area contributed by atoms with E-state index in [1.807, 2.05) is 27.7 Å². The Morgan fingerprint density at radius 2 is 1.45 bits per heavy atom. The highest BCUT2D eigenvalue weighted by Gasteiger charge is 2.51. The molecule has 0 saturated carbocycles. The van der Waals surface area contributed by atoms with Crippen molar-refractivity contribution >= 4 is 12.6 Å². The van der Waals surface area contributed by atoms with Crippen LogP contribution in [0.4, 0.5) is 8.78 Å². The van der Waals surface area contributed by atoms with Gasteiger partial charge in [-0.05, 0) is 38.7 Å². The predicted molar refractivity (Wildman–Crippen MR) is 73.1 cm³/mol. The Labute approximate surface area is 118 Å². The zero-order valence-corrected chi connectivity index (χ0v) is 12.1. The lowest BCUT2D eigenvalue weighted by Crippen LogP contribution is -2.41. The van der Waals surface area contributed by atoms with Crippen molar-refractivity contribution in [2.45, 2.75) is 51.4 Å². The fraction of sp³-hybridized carbons (Fsp3) is 0.571. The summed E-state index contributed by atoms with van der Waals surface area (Å²) in [4.78, 5) is 0. The number of hydrogen-bond donors (Lipinski definition) is 1. The molecule has 1 saturated heterocycles. The number of aliphatic hydroxyl groups excluding tert-OH is 1. The summed E-state index contributed by atoms with van der Waals surface area (Å²) in [6, 6.07) is 6.22.